The average molecular weight is 350 g/mol. The average Bonchev–Trinajstić information content (AvgIpc) is 3.27. The Hall–Kier alpha value is -2.77. The Labute approximate surface area is 151 Å². The first-order chi connectivity index (χ1) is 12.7. The monoisotopic (exact) mass is 350 g/mol. The number of aromatic nitrogens is 6. The topological polar surface area (TPSA) is 75.3 Å². The molecule has 0 saturated carbocycles. The van der Waals surface area contributed by atoms with Crippen molar-refractivity contribution in [2.45, 2.75) is 33.1 Å². The SMILES string of the molecule is Cc1cc(C)nc(N2CCN(c3c4c(nc5ncnn35)CCC4)CC2)n1. The van der Waals surface area contributed by atoms with Gasteiger partial charge >= 0.3 is 0 Å². The molecule has 0 aromatic carbocycles. The number of rotatable bonds is 2. The highest BCUT2D eigenvalue weighted by Gasteiger charge is 2.27. The van der Waals surface area contributed by atoms with Gasteiger partial charge < -0.3 is 9.80 Å². The molecule has 1 saturated heterocycles. The molecule has 1 aliphatic heterocycles. The van der Waals surface area contributed by atoms with Crippen LogP contribution >= 0.6 is 0 Å². The first kappa shape index (κ1) is 15.5. The van der Waals surface area contributed by atoms with Gasteiger partial charge in [-0.2, -0.15) is 14.6 Å². The van der Waals surface area contributed by atoms with Crippen LogP contribution in [-0.2, 0) is 12.8 Å². The molecule has 0 bridgehead atoms. The molecular weight excluding hydrogens is 328 g/mol. The fourth-order valence-corrected chi connectivity index (χ4v) is 4.09. The number of hydrogen-bond acceptors (Lipinski definition) is 7. The van der Waals surface area contributed by atoms with Crippen LogP contribution in [0.4, 0.5) is 11.8 Å². The second kappa shape index (κ2) is 5.89. The smallest absolute Gasteiger partial charge is 0.254 e. The molecular formula is C18H22N8. The third-order valence-corrected chi connectivity index (χ3v) is 5.26. The molecule has 3 aromatic heterocycles. The van der Waals surface area contributed by atoms with Crippen molar-refractivity contribution >= 4 is 17.5 Å². The predicted molar refractivity (Wildman–Crippen MR) is 98.7 cm³/mol. The molecule has 134 valence electrons. The Kier molecular flexibility index (Phi) is 3.51. The van der Waals surface area contributed by atoms with E-state index >= 15 is 0 Å². The van der Waals surface area contributed by atoms with E-state index in [1.807, 2.05) is 24.4 Å². The van der Waals surface area contributed by atoms with Gasteiger partial charge in [-0.15, -0.1) is 0 Å². The van der Waals surface area contributed by atoms with E-state index in [2.05, 4.69) is 34.8 Å². The van der Waals surface area contributed by atoms with Gasteiger partial charge in [0.15, 0.2) is 0 Å². The first-order valence-electron chi connectivity index (χ1n) is 9.23. The zero-order valence-corrected chi connectivity index (χ0v) is 15.2. The van der Waals surface area contributed by atoms with E-state index in [1.165, 1.54) is 23.5 Å². The standard InChI is InChI=1S/C18H22N8/c1-12-10-13(2)22-18(21-12)25-8-6-24(7-9-25)16-14-4-3-5-15(14)23-17-19-11-20-26(16)17/h10-11H,3-9H2,1-2H3. The summed E-state index contributed by atoms with van der Waals surface area (Å²) in [6, 6.07) is 2.02. The van der Waals surface area contributed by atoms with Crippen molar-refractivity contribution in [3.05, 3.63) is 35.0 Å². The lowest BCUT2D eigenvalue weighted by atomic mass is 10.2. The predicted octanol–water partition coefficient (Wildman–Crippen LogP) is 1.35. The van der Waals surface area contributed by atoms with E-state index in [1.54, 1.807) is 6.33 Å². The normalized spacial score (nSPS) is 17.2. The summed E-state index contributed by atoms with van der Waals surface area (Å²) in [6.07, 6.45) is 4.88. The first-order valence-corrected chi connectivity index (χ1v) is 9.23. The third-order valence-electron chi connectivity index (χ3n) is 5.26. The highest BCUT2D eigenvalue weighted by molar-refractivity contribution is 5.57. The van der Waals surface area contributed by atoms with Crippen LogP contribution in [0, 0.1) is 13.8 Å². The van der Waals surface area contributed by atoms with Crippen LogP contribution in [0.3, 0.4) is 0 Å². The van der Waals surface area contributed by atoms with Crippen LogP contribution in [0.25, 0.3) is 5.78 Å². The van der Waals surface area contributed by atoms with E-state index in [0.717, 1.165) is 56.4 Å². The zero-order chi connectivity index (χ0) is 17.7. The molecule has 0 atom stereocenters. The number of anilines is 2. The van der Waals surface area contributed by atoms with Crippen molar-refractivity contribution in [3.63, 3.8) is 0 Å². The molecule has 8 heteroatoms. The van der Waals surface area contributed by atoms with Gasteiger partial charge in [0, 0.05) is 43.1 Å². The minimum absolute atomic E-state index is 0.709. The van der Waals surface area contributed by atoms with Crippen molar-refractivity contribution in [2.75, 3.05) is 36.0 Å². The van der Waals surface area contributed by atoms with Crippen LogP contribution in [0.1, 0.15) is 29.1 Å². The molecule has 8 nitrogen and oxygen atoms in total. The molecule has 5 rings (SSSR count). The molecule has 2 aliphatic rings. The van der Waals surface area contributed by atoms with Crippen molar-refractivity contribution in [1.29, 1.82) is 0 Å². The summed E-state index contributed by atoms with van der Waals surface area (Å²) in [5.74, 6) is 2.73. The zero-order valence-electron chi connectivity index (χ0n) is 15.2. The molecule has 0 radical (unpaired) electrons. The second-order valence-corrected chi connectivity index (χ2v) is 7.11. The molecule has 1 aliphatic carbocycles. The van der Waals surface area contributed by atoms with E-state index in [0.29, 0.717) is 5.78 Å². The van der Waals surface area contributed by atoms with Gasteiger partial charge in [0.1, 0.15) is 12.1 Å². The summed E-state index contributed by atoms with van der Waals surface area (Å²) in [5, 5.41) is 4.43. The largest absolute Gasteiger partial charge is 0.353 e. The number of hydrogen-bond donors (Lipinski definition) is 0. The molecule has 26 heavy (non-hydrogen) atoms. The lowest BCUT2D eigenvalue weighted by Crippen LogP contribution is -2.48. The summed E-state index contributed by atoms with van der Waals surface area (Å²) < 4.78 is 1.91. The Morgan fingerprint density at radius 2 is 1.62 bits per heavy atom. The van der Waals surface area contributed by atoms with Crippen LogP contribution < -0.4 is 9.80 Å². The Balaban J connectivity index is 1.44. The number of piperazine rings is 1. The van der Waals surface area contributed by atoms with Crippen LogP contribution in [-0.4, -0.2) is 55.7 Å². The number of fused-ring (bicyclic) bond motifs is 2. The lowest BCUT2D eigenvalue weighted by Gasteiger charge is -2.36. The van der Waals surface area contributed by atoms with Crippen molar-refractivity contribution < 1.29 is 0 Å². The maximum Gasteiger partial charge on any atom is 0.254 e. The molecule has 1 fully saturated rings. The van der Waals surface area contributed by atoms with Gasteiger partial charge in [-0.1, -0.05) is 0 Å². The Morgan fingerprint density at radius 3 is 2.38 bits per heavy atom. The maximum absolute atomic E-state index is 4.69. The minimum atomic E-state index is 0.709. The molecule has 0 unspecified atom stereocenters. The van der Waals surface area contributed by atoms with Crippen molar-refractivity contribution in [2.24, 2.45) is 0 Å². The summed E-state index contributed by atoms with van der Waals surface area (Å²) >= 11 is 0. The van der Waals surface area contributed by atoms with Crippen LogP contribution in [0.5, 0.6) is 0 Å². The highest BCUT2D eigenvalue weighted by Crippen LogP contribution is 2.31. The molecule has 0 spiro atoms. The molecule has 0 amide bonds. The fourth-order valence-electron chi connectivity index (χ4n) is 4.09. The second-order valence-electron chi connectivity index (χ2n) is 7.11. The van der Waals surface area contributed by atoms with Crippen LogP contribution in [0.15, 0.2) is 12.4 Å². The molecule has 4 heterocycles. The number of aryl methyl sites for hydroxylation is 3. The quantitative estimate of drug-likeness (QED) is 0.690. The summed E-state index contributed by atoms with van der Waals surface area (Å²) in [4.78, 5) is 22.9. The minimum Gasteiger partial charge on any atom is -0.353 e. The molecule has 3 aromatic rings. The maximum atomic E-state index is 4.69. The number of nitrogens with zero attached hydrogens (tertiary/aromatic N) is 8. The highest BCUT2D eigenvalue weighted by atomic mass is 15.4. The van der Waals surface area contributed by atoms with Gasteiger partial charge in [-0.05, 0) is 39.2 Å². The fraction of sp³-hybridized carbons (Fsp3) is 0.500. The van der Waals surface area contributed by atoms with Gasteiger partial charge in [-0.3, -0.25) is 0 Å². The van der Waals surface area contributed by atoms with E-state index in [4.69, 9.17) is 0 Å². The van der Waals surface area contributed by atoms with Gasteiger partial charge in [0.2, 0.25) is 5.95 Å². The molecule has 0 N–H and O–H groups in total. The van der Waals surface area contributed by atoms with E-state index in [-0.39, 0.29) is 0 Å². The third kappa shape index (κ3) is 2.48. The summed E-state index contributed by atoms with van der Waals surface area (Å²) in [7, 11) is 0. The van der Waals surface area contributed by atoms with Gasteiger partial charge in [0.25, 0.3) is 5.78 Å². The lowest BCUT2D eigenvalue weighted by molar-refractivity contribution is 0.623. The van der Waals surface area contributed by atoms with Crippen molar-refractivity contribution in [3.8, 4) is 0 Å². The Morgan fingerprint density at radius 1 is 0.885 bits per heavy atom. The summed E-state index contributed by atoms with van der Waals surface area (Å²) in [5.41, 5.74) is 4.58. The summed E-state index contributed by atoms with van der Waals surface area (Å²) in [6.45, 7) is 7.68. The van der Waals surface area contributed by atoms with Crippen LogP contribution in [0.2, 0.25) is 0 Å². The van der Waals surface area contributed by atoms with E-state index < -0.39 is 0 Å². The van der Waals surface area contributed by atoms with E-state index in [9.17, 15) is 0 Å². The van der Waals surface area contributed by atoms with Gasteiger partial charge in [0.05, 0.1) is 5.69 Å². The van der Waals surface area contributed by atoms with Crippen molar-refractivity contribution in [1.82, 2.24) is 29.5 Å². The Bertz CT molecular complexity index is 950. The van der Waals surface area contributed by atoms with Gasteiger partial charge in [-0.25, -0.2) is 15.0 Å².